The van der Waals surface area contributed by atoms with E-state index in [1.54, 1.807) is 43.3 Å². The molecule has 0 spiro atoms. The van der Waals surface area contributed by atoms with E-state index in [0.717, 1.165) is 11.1 Å². The van der Waals surface area contributed by atoms with Crippen LogP contribution in [-0.2, 0) is 12.0 Å². The molecule has 2 aromatic carbocycles. The Hall–Kier alpha value is -1.51. The van der Waals surface area contributed by atoms with Gasteiger partial charge in [0.2, 0.25) is 0 Å². The largest absolute Gasteiger partial charge is 0.508 e. The lowest BCUT2D eigenvalue weighted by molar-refractivity contribution is 0.0576. The van der Waals surface area contributed by atoms with Crippen LogP contribution in [0.2, 0.25) is 5.02 Å². The van der Waals surface area contributed by atoms with Gasteiger partial charge in [-0.25, -0.2) is 0 Å². The summed E-state index contributed by atoms with van der Waals surface area (Å²) in [7, 11) is 0. The second-order valence-electron chi connectivity index (χ2n) is 4.63. The fourth-order valence-electron chi connectivity index (χ4n) is 1.94. The molecule has 0 bridgehead atoms. The van der Waals surface area contributed by atoms with E-state index >= 15 is 0 Å². The van der Waals surface area contributed by atoms with E-state index in [2.05, 4.69) is 0 Å². The average Bonchev–Trinajstić information content (AvgIpc) is 2.32. The molecule has 0 saturated heterocycles. The topological polar surface area (TPSA) is 40.5 Å². The molecule has 0 saturated carbocycles. The lowest BCUT2D eigenvalue weighted by Gasteiger charge is -2.24. The summed E-state index contributed by atoms with van der Waals surface area (Å²) >= 11 is 5.93. The predicted molar refractivity (Wildman–Crippen MR) is 72.8 cm³/mol. The van der Waals surface area contributed by atoms with Crippen molar-refractivity contribution in [3.8, 4) is 5.75 Å². The average molecular weight is 263 g/mol. The molecular formula is C15H15ClO2. The number of rotatable bonds is 3. The van der Waals surface area contributed by atoms with Crippen LogP contribution < -0.4 is 0 Å². The molecule has 1 unspecified atom stereocenters. The van der Waals surface area contributed by atoms with E-state index in [-0.39, 0.29) is 5.75 Å². The van der Waals surface area contributed by atoms with Crippen molar-refractivity contribution in [2.24, 2.45) is 0 Å². The maximum atomic E-state index is 10.5. The molecule has 0 aliphatic rings. The van der Waals surface area contributed by atoms with Gasteiger partial charge < -0.3 is 10.2 Å². The Bertz CT molecular complexity index is 532. The van der Waals surface area contributed by atoms with Gasteiger partial charge in [0.1, 0.15) is 5.75 Å². The van der Waals surface area contributed by atoms with Crippen molar-refractivity contribution in [2.45, 2.75) is 18.9 Å². The van der Waals surface area contributed by atoms with E-state index in [0.29, 0.717) is 11.4 Å². The smallest absolute Gasteiger partial charge is 0.115 e. The van der Waals surface area contributed by atoms with Crippen molar-refractivity contribution >= 4 is 11.6 Å². The first-order valence-corrected chi connectivity index (χ1v) is 6.11. The zero-order valence-corrected chi connectivity index (χ0v) is 10.9. The van der Waals surface area contributed by atoms with Crippen LogP contribution in [0.15, 0.2) is 48.5 Å². The maximum absolute atomic E-state index is 10.5. The summed E-state index contributed by atoms with van der Waals surface area (Å²) in [5.74, 6) is 0.223. The summed E-state index contributed by atoms with van der Waals surface area (Å²) in [5.41, 5.74) is 0.753. The Morgan fingerprint density at radius 1 is 1.11 bits per heavy atom. The van der Waals surface area contributed by atoms with Crippen molar-refractivity contribution in [2.75, 3.05) is 0 Å². The summed E-state index contributed by atoms with van der Waals surface area (Å²) in [4.78, 5) is 0. The van der Waals surface area contributed by atoms with Gasteiger partial charge in [0.05, 0.1) is 5.60 Å². The van der Waals surface area contributed by atoms with Gasteiger partial charge in [-0.15, -0.1) is 0 Å². The maximum Gasteiger partial charge on any atom is 0.115 e. The lowest BCUT2D eigenvalue weighted by atomic mass is 9.89. The number of aromatic hydroxyl groups is 1. The van der Waals surface area contributed by atoms with Crippen molar-refractivity contribution < 1.29 is 10.2 Å². The number of halogens is 1. The highest BCUT2D eigenvalue weighted by Gasteiger charge is 2.23. The molecule has 0 heterocycles. The molecule has 0 fully saturated rings. The van der Waals surface area contributed by atoms with Crippen LogP contribution in [0.25, 0.3) is 0 Å². The minimum atomic E-state index is -0.984. The lowest BCUT2D eigenvalue weighted by Crippen LogP contribution is -2.24. The fourth-order valence-corrected chi connectivity index (χ4v) is 2.13. The molecule has 0 aliphatic carbocycles. The molecule has 18 heavy (non-hydrogen) atoms. The first-order valence-electron chi connectivity index (χ1n) is 5.74. The van der Waals surface area contributed by atoms with E-state index in [1.165, 1.54) is 0 Å². The minimum Gasteiger partial charge on any atom is -0.508 e. The van der Waals surface area contributed by atoms with Crippen LogP contribution in [0.4, 0.5) is 0 Å². The third kappa shape index (κ3) is 3.03. The highest BCUT2D eigenvalue weighted by molar-refractivity contribution is 6.30. The van der Waals surface area contributed by atoms with Crippen LogP contribution in [-0.4, -0.2) is 10.2 Å². The van der Waals surface area contributed by atoms with E-state index < -0.39 is 5.60 Å². The van der Waals surface area contributed by atoms with Gasteiger partial charge >= 0.3 is 0 Å². The summed E-state index contributed by atoms with van der Waals surface area (Å²) < 4.78 is 0. The highest BCUT2D eigenvalue weighted by Crippen LogP contribution is 2.27. The molecule has 0 aliphatic heterocycles. The van der Waals surface area contributed by atoms with Crippen LogP contribution >= 0.6 is 11.6 Å². The summed E-state index contributed by atoms with van der Waals surface area (Å²) in [6, 6.07) is 14.0. The first kappa shape index (κ1) is 12.9. The fraction of sp³-hybridized carbons (Fsp3) is 0.200. The number of benzene rings is 2. The van der Waals surface area contributed by atoms with Gasteiger partial charge in [-0.1, -0.05) is 35.9 Å². The van der Waals surface area contributed by atoms with E-state index in [1.807, 2.05) is 12.1 Å². The zero-order valence-electron chi connectivity index (χ0n) is 10.1. The molecule has 0 radical (unpaired) electrons. The number of hydrogen-bond acceptors (Lipinski definition) is 2. The first-order chi connectivity index (χ1) is 8.47. The Labute approximate surface area is 111 Å². The monoisotopic (exact) mass is 262 g/mol. The van der Waals surface area contributed by atoms with Crippen molar-refractivity contribution in [3.05, 3.63) is 64.7 Å². The molecule has 0 aromatic heterocycles. The number of hydrogen-bond donors (Lipinski definition) is 2. The third-order valence-corrected chi connectivity index (χ3v) is 3.17. The summed E-state index contributed by atoms with van der Waals surface area (Å²) in [6.45, 7) is 1.76. The molecule has 94 valence electrons. The van der Waals surface area contributed by atoms with Gasteiger partial charge in [0, 0.05) is 11.4 Å². The van der Waals surface area contributed by atoms with Crippen molar-refractivity contribution in [1.82, 2.24) is 0 Å². The Balaban J connectivity index is 2.23. The molecule has 2 rings (SSSR count). The molecular weight excluding hydrogens is 248 g/mol. The summed E-state index contributed by atoms with van der Waals surface area (Å²) in [5, 5.41) is 20.4. The molecule has 3 heteroatoms. The predicted octanol–water partition coefficient (Wildman–Crippen LogP) is 3.50. The minimum absolute atomic E-state index is 0.223. The molecule has 2 nitrogen and oxygen atoms in total. The molecule has 2 aromatic rings. The van der Waals surface area contributed by atoms with Crippen molar-refractivity contribution in [3.63, 3.8) is 0 Å². The van der Waals surface area contributed by atoms with Crippen molar-refractivity contribution in [1.29, 1.82) is 0 Å². The van der Waals surface area contributed by atoms with Gasteiger partial charge in [0.15, 0.2) is 0 Å². The summed E-state index contributed by atoms with van der Waals surface area (Å²) in [6.07, 6.45) is 0.466. The number of aliphatic hydroxyl groups is 1. The molecule has 0 amide bonds. The van der Waals surface area contributed by atoms with Crippen LogP contribution in [0.1, 0.15) is 18.1 Å². The Morgan fingerprint density at radius 2 is 1.78 bits per heavy atom. The standard InChI is InChI=1S/C15H15ClO2/c1-15(18,12-3-2-4-13(16)9-12)10-11-5-7-14(17)8-6-11/h2-9,17-18H,10H2,1H3. The normalized spacial score (nSPS) is 14.2. The number of phenolic OH excluding ortho intramolecular Hbond substituents is 1. The SMILES string of the molecule is CC(O)(Cc1ccc(O)cc1)c1cccc(Cl)c1. The van der Waals surface area contributed by atoms with Crippen LogP contribution in [0, 0.1) is 0 Å². The third-order valence-electron chi connectivity index (χ3n) is 2.93. The molecule has 2 N–H and O–H groups in total. The Kier molecular flexibility index (Phi) is 3.60. The second-order valence-corrected chi connectivity index (χ2v) is 5.06. The Morgan fingerprint density at radius 3 is 2.39 bits per heavy atom. The quantitative estimate of drug-likeness (QED) is 0.889. The highest BCUT2D eigenvalue weighted by atomic mass is 35.5. The van der Waals surface area contributed by atoms with Gasteiger partial charge in [-0.05, 0) is 42.3 Å². The van der Waals surface area contributed by atoms with Gasteiger partial charge in [-0.3, -0.25) is 0 Å². The molecule has 1 atom stereocenters. The van der Waals surface area contributed by atoms with E-state index in [4.69, 9.17) is 11.6 Å². The van der Waals surface area contributed by atoms with E-state index in [9.17, 15) is 10.2 Å². The number of phenols is 1. The zero-order chi connectivity index (χ0) is 13.2. The van der Waals surface area contributed by atoms with Gasteiger partial charge in [0.25, 0.3) is 0 Å². The van der Waals surface area contributed by atoms with Crippen LogP contribution in [0.3, 0.4) is 0 Å². The second kappa shape index (κ2) is 5.01. The van der Waals surface area contributed by atoms with Crippen LogP contribution in [0.5, 0.6) is 5.75 Å². The van der Waals surface area contributed by atoms with Gasteiger partial charge in [-0.2, -0.15) is 0 Å².